The van der Waals surface area contributed by atoms with E-state index in [1.165, 1.54) is 25.1 Å². The number of nitrogens with one attached hydrogen (secondary N) is 1. The van der Waals surface area contributed by atoms with E-state index in [4.69, 9.17) is 26.8 Å². The number of esters is 1. The predicted octanol–water partition coefficient (Wildman–Crippen LogP) is 3.71. The summed E-state index contributed by atoms with van der Waals surface area (Å²) in [7, 11) is 0. The van der Waals surface area contributed by atoms with Crippen LogP contribution in [0.3, 0.4) is 0 Å². The lowest BCUT2D eigenvalue weighted by molar-refractivity contribution is -0.142. The van der Waals surface area contributed by atoms with Gasteiger partial charge in [-0.25, -0.2) is 8.78 Å². The molecule has 0 unspecified atom stereocenters. The zero-order chi connectivity index (χ0) is 23.4. The van der Waals surface area contributed by atoms with E-state index >= 15 is 0 Å². The lowest BCUT2D eigenvalue weighted by atomic mass is 10.00. The van der Waals surface area contributed by atoms with Crippen LogP contribution in [0.15, 0.2) is 47.3 Å². The highest BCUT2D eigenvalue weighted by atomic mass is 35.5. The Bertz CT molecular complexity index is 1260. The molecule has 0 saturated heterocycles. The Morgan fingerprint density at radius 2 is 1.88 bits per heavy atom. The Balaban J connectivity index is 2.15. The minimum atomic E-state index is -0.844. The molecule has 0 atom stereocenters. The summed E-state index contributed by atoms with van der Waals surface area (Å²) in [4.78, 5) is 37.8. The van der Waals surface area contributed by atoms with Crippen LogP contribution in [-0.4, -0.2) is 16.9 Å². The van der Waals surface area contributed by atoms with Crippen molar-refractivity contribution in [1.29, 1.82) is 0 Å². The lowest BCUT2D eigenvalue weighted by Gasteiger charge is -2.18. The first-order valence-electron chi connectivity index (χ1n) is 9.22. The third kappa shape index (κ3) is 5.12. The second-order valence-electron chi connectivity index (χ2n) is 6.70. The molecule has 0 aliphatic heterocycles. The molecule has 0 fully saturated rings. The van der Waals surface area contributed by atoms with Crippen LogP contribution in [0.25, 0.3) is 11.1 Å². The van der Waals surface area contributed by atoms with Crippen LogP contribution < -0.4 is 16.0 Å². The molecule has 166 valence electrons. The molecule has 0 bridgehead atoms. The first kappa shape index (κ1) is 23.0. The van der Waals surface area contributed by atoms with Crippen molar-refractivity contribution < 1.29 is 27.8 Å². The molecule has 32 heavy (non-hydrogen) atoms. The van der Waals surface area contributed by atoms with Crippen molar-refractivity contribution in [3.05, 3.63) is 86.3 Å². The van der Waals surface area contributed by atoms with Crippen LogP contribution >= 0.6 is 11.6 Å². The summed E-state index contributed by atoms with van der Waals surface area (Å²) in [5.41, 5.74) is 5.51. The van der Waals surface area contributed by atoms with E-state index in [2.05, 4.69) is 4.98 Å². The summed E-state index contributed by atoms with van der Waals surface area (Å²) in [6.07, 6.45) is 0. The fourth-order valence-corrected chi connectivity index (χ4v) is 3.14. The van der Waals surface area contributed by atoms with Gasteiger partial charge in [0.15, 0.2) is 5.75 Å². The van der Waals surface area contributed by atoms with Crippen molar-refractivity contribution in [2.75, 3.05) is 0 Å². The molecule has 0 radical (unpaired) electrons. The average molecular weight is 463 g/mol. The highest BCUT2D eigenvalue weighted by Crippen LogP contribution is 2.37. The van der Waals surface area contributed by atoms with Gasteiger partial charge in [0, 0.05) is 29.7 Å². The number of ether oxygens (including phenoxy) is 2. The summed E-state index contributed by atoms with van der Waals surface area (Å²) in [5.74, 6) is -3.03. The van der Waals surface area contributed by atoms with Gasteiger partial charge in [-0.1, -0.05) is 23.7 Å². The van der Waals surface area contributed by atoms with E-state index in [1.54, 1.807) is 12.1 Å². The number of hydrogen-bond donors (Lipinski definition) is 2. The predicted molar refractivity (Wildman–Crippen MR) is 112 cm³/mol. The number of primary amides is 1. The summed E-state index contributed by atoms with van der Waals surface area (Å²) in [5, 5.41) is -0.349. The van der Waals surface area contributed by atoms with Crippen LogP contribution in [0.2, 0.25) is 5.02 Å². The quantitative estimate of drug-likeness (QED) is 0.520. The molecular weight excluding hydrogens is 446 g/mol. The third-order valence-electron chi connectivity index (χ3n) is 4.43. The van der Waals surface area contributed by atoms with Gasteiger partial charge >= 0.3 is 5.97 Å². The molecule has 0 saturated carbocycles. The van der Waals surface area contributed by atoms with Gasteiger partial charge in [-0.05, 0) is 29.8 Å². The van der Waals surface area contributed by atoms with Crippen LogP contribution in [0.4, 0.5) is 8.78 Å². The number of aromatic nitrogens is 1. The zero-order valence-electron chi connectivity index (χ0n) is 16.7. The second-order valence-corrected chi connectivity index (χ2v) is 7.08. The third-order valence-corrected chi connectivity index (χ3v) is 4.78. The van der Waals surface area contributed by atoms with Gasteiger partial charge in [-0.15, -0.1) is 0 Å². The summed E-state index contributed by atoms with van der Waals surface area (Å²) >= 11 is 6.19. The molecule has 3 rings (SSSR count). The second kappa shape index (κ2) is 9.61. The standard InChI is InChI=1S/C22H17ClF2N2O5/c1-11(28)31-10-17-18(12-3-2-4-13(7-12)21(26)29)20(19(23)22(30)27-17)32-9-14-5-6-15(24)8-16(14)25/h2-8H,9-10H2,1H3,(H2,26,29)(H,27,30). The molecule has 0 aliphatic carbocycles. The minimum absolute atomic E-state index is 0.0149. The molecule has 7 nitrogen and oxygen atoms in total. The molecule has 2 aromatic carbocycles. The number of benzene rings is 2. The Hall–Kier alpha value is -3.72. The number of halogens is 3. The number of H-pyrrole nitrogens is 1. The van der Waals surface area contributed by atoms with Crippen molar-refractivity contribution >= 4 is 23.5 Å². The summed E-state index contributed by atoms with van der Waals surface area (Å²) < 4.78 is 37.9. The first-order chi connectivity index (χ1) is 15.2. The first-order valence-corrected chi connectivity index (χ1v) is 9.60. The van der Waals surface area contributed by atoms with Gasteiger partial charge in [-0.3, -0.25) is 14.4 Å². The van der Waals surface area contributed by atoms with E-state index in [0.717, 1.165) is 6.07 Å². The van der Waals surface area contributed by atoms with E-state index in [-0.39, 0.29) is 46.4 Å². The Morgan fingerprint density at radius 3 is 2.53 bits per heavy atom. The molecule has 10 heteroatoms. The maximum absolute atomic E-state index is 14.1. The summed E-state index contributed by atoms with van der Waals surface area (Å²) in [6, 6.07) is 9.02. The van der Waals surface area contributed by atoms with Crippen LogP contribution in [0.1, 0.15) is 28.5 Å². The number of hydrogen-bond acceptors (Lipinski definition) is 5. The molecule has 1 amide bonds. The van der Waals surface area contributed by atoms with Crippen molar-refractivity contribution in [3.8, 4) is 16.9 Å². The molecule has 3 N–H and O–H groups in total. The number of pyridine rings is 1. The van der Waals surface area contributed by atoms with E-state index in [9.17, 15) is 23.2 Å². The van der Waals surface area contributed by atoms with Crippen molar-refractivity contribution in [2.45, 2.75) is 20.1 Å². The SMILES string of the molecule is CC(=O)OCc1[nH]c(=O)c(Cl)c(OCc2ccc(F)cc2F)c1-c1cccc(C(N)=O)c1. The largest absolute Gasteiger partial charge is 0.486 e. The molecule has 0 spiro atoms. The van der Waals surface area contributed by atoms with Gasteiger partial charge in [0.25, 0.3) is 5.56 Å². The monoisotopic (exact) mass is 462 g/mol. The fraction of sp³-hybridized carbons (Fsp3) is 0.136. The summed E-state index contributed by atoms with van der Waals surface area (Å²) in [6.45, 7) is 0.472. The number of carbonyl (C=O) groups excluding carboxylic acids is 2. The van der Waals surface area contributed by atoms with Crippen molar-refractivity contribution in [3.63, 3.8) is 0 Å². The van der Waals surface area contributed by atoms with E-state index < -0.39 is 29.1 Å². The average Bonchev–Trinajstić information content (AvgIpc) is 2.74. The molecule has 1 heterocycles. The molecule has 1 aromatic heterocycles. The van der Waals surface area contributed by atoms with Gasteiger partial charge in [0.2, 0.25) is 5.91 Å². The highest BCUT2D eigenvalue weighted by molar-refractivity contribution is 6.32. The zero-order valence-corrected chi connectivity index (χ0v) is 17.5. The maximum Gasteiger partial charge on any atom is 0.303 e. The fourth-order valence-electron chi connectivity index (χ4n) is 2.94. The van der Waals surface area contributed by atoms with Gasteiger partial charge in [0.1, 0.15) is 29.9 Å². The van der Waals surface area contributed by atoms with Crippen LogP contribution in [0.5, 0.6) is 5.75 Å². The van der Waals surface area contributed by atoms with Crippen molar-refractivity contribution in [2.24, 2.45) is 5.73 Å². The van der Waals surface area contributed by atoms with Crippen molar-refractivity contribution in [1.82, 2.24) is 4.98 Å². The molecule has 0 aliphatic rings. The maximum atomic E-state index is 14.1. The Morgan fingerprint density at radius 1 is 1.12 bits per heavy atom. The van der Waals surface area contributed by atoms with E-state index in [1.807, 2.05) is 0 Å². The topological polar surface area (TPSA) is 111 Å². The Kier molecular flexibility index (Phi) is 6.89. The van der Waals surface area contributed by atoms with Crippen LogP contribution in [0, 0.1) is 11.6 Å². The smallest absolute Gasteiger partial charge is 0.303 e. The van der Waals surface area contributed by atoms with Crippen LogP contribution in [-0.2, 0) is 22.7 Å². The molecular formula is C22H17ClF2N2O5. The van der Waals surface area contributed by atoms with Gasteiger partial charge in [-0.2, -0.15) is 0 Å². The number of carbonyl (C=O) groups is 2. The molecule has 3 aromatic rings. The Labute approximate surface area is 185 Å². The number of amides is 1. The normalized spacial score (nSPS) is 10.6. The lowest BCUT2D eigenvalue weighted by Crippen LogP contribution is -2.16. The number of nitrogens with two attached hydrogens (primary N) is 1. The van der Waals surface area contributed by atoms with Gasteiger partial charge in [0.05, 0.1) is 5.69 Å². The van der Waals surface area contributed by atoms with Gasteiger partial charge < -0.3 is 20.2 Å². The minimum Gasteiger partial charge on any atom is -0.486 e. The van der Waals surface area contributed by atoms with E-state index in [0.29, 0.717) is 11.6 Å². The number of aromatic amines is 1. The highest BCUT2D eigenvalue weighted by Gasteiger charge is 2.22. The number of rotatable bonds is 7.